The number of allylic oxidation sites excluding steroid dienone is 2. The molecule has 3 aliphatic rings. The fourth-order valence-electron chi connectivity index (χ4n) is 5.45. The molecule has 7 nitrogen and oxygen atoms in total. The molecule has 1 amide bonds. The first-order valence-electron chi connectivity index (χ1n) is 11.7. The molecule has 1 fully saturated rings. The van der Waals surface area contributed by atoms with Crippen LogP contribution in [0.4, 0.5) is 0 Å². The standard InChI is InChI=1S/C28H25N3O4/c1-15(2)16-8-10-19-23(14-16)35-28(34)20-6-3-7-21(29)24(20)25(32)27(19,28)31-26(33)18-9-11-22-17(13-18)5-4-12-30-22/h4-6,8-15,34H,3,7,29H2,1-2H3,(H,31,33). The normalized spacial score (nSPS) is 24.7. The van der Waals surface area contributed by atoms with Crippen molar-refractivity contribution < 1.29 is 19.4 Å². The molecule has 6 rings (SSSR count). The number of carbonyl (C=O) groups is 2. The van der Waals surface area contributed by atoms with Crippen LogP contribution >= 0.6 is 0 Å². The third-order valence-electron chi connectivity index (χ3n) is 7.29. The molecule has 2 atom stereocenters. The predicted molar refractivity (Wildman–Crippen MR) is 131 cm³/mol. The molecular formula is C28H25N3O4. The Morgan fingerprint density at radius 3 is 2.83 bits per heavy atom. The van der Waals surface area contributed by atoms with Gasteiger partial charge in [0.25, 0.3) is 11.7 Å². The number of rotatable bonds is 3. The number of nitrogens with two attached hydrogens (primary N) is 1. The van der Waals surface area contributed by atoms with Crippen LogP contribution in [0.15, 0.2) is 77.6 Å². The van der Waals surface area contributed by atoms with Crippen LogP contribution < -0.4 is 15.8 Å². The largest absolute Gasteiger partial charge is 0.454 e. The first-order valence-corrected chi connectivity index (χ1v) is 11.7. The average Bonchev–Trinajstić information content (AvgIpc) is 3.21. The van der Waals surface area contributed by atoms with E-state index in [1.807, 2.05) is 18.2 Å². The number of aliphatic hydroxyl groups is 1. The Bertz CT molecular complexity index is 1510. The number of fused-ring (bicyclic) bond motifs is 6. The van der Waals surface area contributed by atoms with E-state index < -0.39 is 23.0 Å². The maximum Gasteiger partial charge on any atom is 0.270 e. The lowest BCUT2D eigenvalue weighted by molar-refractivity contribution is -0.152. The van der Waals surface area contributed by atoms with Gasteiger partial charge in [0, 0.05) is 39.6 Å². The second kappa shape index (κ2) is 7.26. The van der Waals surface area contributed by atoms with Crippen LogP contribution in [0.3, 0.4) is 0 Å². The number of ketones is 1. The third-order valence-corrected chi connectivity index (χ3v) is 7.29. The Labute approximate surface area is 202 Å². The molecule has 1 saturated carbocycles. The van der Waals surface area contributed by atoms with Crippen molar-refractivity contribution in [3.05, 3.63) is 94.3 Å². The summed E-state index contributed by atoms with van der Waals surface area (Å²) in [6.45, 7) is 4.10. The van der Waals surface area contributed by atoms with Crippen molar-refractivity contribution >= 4 is 22.6 Å². The molecule has 1 aromatic heterocycles. The van der Waals surface area contributed by atoms with Gasteiger partial charge in [-0.05, 0) is 54.7 Å². The van der Waals surface area contributed by atoms with Crippen LogP contribution in [0.1, 0.15) is 54.1 Å². The van der Waals surface area contributed by atoms with E-state index in [1.165, 1.54) is 0 Å². The monoisotopic (exact) mass is 467 g/mol. The topological polar surface area (TPSA) is 115 Å². The lowest BCUT2D eigenvalue weighted by Gasteiger charge is -2.34. The van der Waals surface area contributed by atoms with Crippen molar-refractivity contribution in [1.82, 2.24) is 10.3 Å². The first kappa shape index (κ1) is 21.6. The average molecular weight is 468 g/mol. The number of nitrogens with zero attached hydrogens (tertiary/aromatic N) is 1. The second-order valence-corrected chi connectivity index (χ2v) is 9.66. The van der Waals surface area contributed by atoms with E-state index >= 15 is 0 Å². The molecule has 3 aromatic rings. The molecule has 176 valence electrons. The SMILES string of the molecule is CC(C)c1ccc2c(c1)OC1(O)C3=CCCC(N)=C3C(=O)C21NC(=O)c1ccc2ncccc2c1. The van der Waals surface area contributed by atoms with Gasteiger partial charge in [0.15, 0.2) is 0 Å². The molecular weight excluding hydrogens is 442 g/mol. The van der Waals surface area contributed by atoms with Crippen molar-refractivity contribution in [2.45, 2.75) is 43.9 Å². The van der Waals surface area contributed by atoms with Crippen molar-refractivity contribution in [2.75, 3.05) is 0 Å². The molecule has 0 radical (unpaired) electrons. The number of aromatic nitrogens is 1. The first-order chi connectivity index (χ1) is 16.8. The summed E-state index contributed by atoms with van der Waals surface area (Å²) in [6, 6.07) is 14.3. The van der Waals surface area contributed by atoms with Crippen molar-refractivity contribution in [2.24, 2.45) is 5.73 Å². The quantitative estimate of drug-likeness (QED) is 0.543. The van der Waals surface area contributed by atoms with Crippen LogP contribution in [0.5, 0.6) is 5.75 Å². The molecule has 4 N–H and O–H groups in total. The summed E-state index contributed by atoms with van der Waals surface area (Å²) >= 11 is 0. The van der Waals surface area contributed by atoms with Crippen molar-refractivity contribution in [3.63, 3.8) is 0 Å². The number of carbonyl (C=O) groups excluding carboxylic acids is 2. The number of hydrogen-bond acceptors (Lipinski definition) is 6. The number of amides is 1. The van der Waals surface area contributed by atoms with Crippen LogP contribution in [0.2, 0.25) is 0 Å². The van der Waals surface area contributed by atoms with Gasteiger partial charge in [-0.2, -0.15) is 0 Å². The van der Waals surface area contributed by atoms with E-state index in [1.54, 1.807) is 42.6 Å². The lowest BCUT2D eigenvalue weighted by atomic mass is 9.82. The zero-order valence-electron chi connectivity index (χ0n) is 19.5. The molecule has 0 spiro atoms. The van der Waals surface area contributed by atoms with Crippen molar-refractivity contribution in [1.29, 1.82) is 0 Å². The van der Waals surface area contributed by atoms with Gasteiger partial charge in [-0.15, -0.1) is 0 Å². The maximum absolute atomic E-state index is 14.1. The van der Waals surface area contributed by atoms with Gasteiger partial charge in [0.1, 0.15) is 5.75 Å². The lowest BCUT2D eigenvalue weighted by Crippen LogP contribution is -2.62. The van der Waals surface area contributed by atoms with Crippen LogP contribution in [-0.4, -0.2) is 27.6 Å². The van der Waals surface area contributed by atoms with E-state index in [0.717, 1.165) is 16.5 Å². The molecule has 0 bridgehead atoms. The molecule has 2 aliphatic carbocycles. The minimum Gasteiger partial charge on any atom is -0.454 e. The van der Waals surface area contributed by atoms with Crippen molar-refractivity contribution in [3.8, 4) is 5.75 Å². The highest BCUT2D eigenvalue weighted by Gasteiger charge is 2.74. The fraction of sp³-hybridized carbons (Fsp3) is 0.250. The fourth-order valence-corrected chi connectivity index (χ4v) is 5.45. The molecule has 7 heteroatoms. The van der Waals surface area contributed by atoms with E-state index in [4.69, 9.17) is 10.5 Å². The summed E-state index contributed by atoms with van der Waals surface area (Å²) in [5, 5.41) is 15.7. The highest BCUT2D eigenvalue weighted by Crippen LogP contribution is 2.59. The Morgan fingerprint density at radius 2 is 2.03 bits per heavy atom. The van der Waals surface area contributed by atoms with Gasteiger partial charge >= 0.3 is 0 Å². The Morgan fingerprint density at radius 1 is 1.20 bits per heavy atom. The molecule has 0 saturated heterocycles. The predicted octanol–water partition coefficient (Wildman–Crippen LogP) is 3.58. The highest BCUT2D eigenvalue weighted by atomic mass is 16.6. The maximum atomic E-state index is 14.1. The number of hydrogen-bond donors (Lipinski definition) is 3. The summed E-state index contributed by atoms with van der Waals surface area (Å²) in [4.78, 5) is 32.0. The summed E-state index contributed by atoms with van der Waals surface area (Å²) in [5.74, 6) is -2.48. The summed E-state index contributed by atoms with van der Waals surface area (Å²) in [6.07, 6.45) is 4.54. The van der Waals surface area contributed by atoms with Crippen LogP contribution in [-0.2, 0) is 10.3 Å². The Hall–Kier alpha value is -3.97. The molecule has 2 unspecified atom stereocenters. The smallest absolute Gasteiger partial charge is 0.270 e. The number of ether oxygens (including phenoxy) is 1. The number of pyridine rings is 1. The Kier molecular flexibility index (Phi) is 4.47. The highest BCUT2D eigenvalue weighted by molar-refractivity contribution is 6.16. The summed E-state index contributed by atoms with van der Waals surface area (Å²) < 4.78 is 6.16. The zero-order chi connectivity index (χ0) is 24.5. The van der Waals surface area contributed by atoms with Gasteiger partial charge in [0.2, 0.25) is 11.3 Å². The minimum atomic E-state index is -2.10. The number of nitrogens with one attached hydrogen (secondary N) is 1. The zero-order valence-corrected chi connectivity index (χ0v) is 19.5. The summed E-state index contributed by atoms with van der Waals surface area (Å²) in [7, 11) is 0. The Balaban J connectivity index is 1.53. The van der Waals surface area contributed by atoms with E-state index in [0.29, 0.717) is 41.0 Å². The van der Waals surface area contributed by atoms with E-state index in [-0.39, 0.29) is 11.5 Å². The molecule has 35 heavy (non-hydrogen) atoms. The van der Waals surface area contributed by atoms with Crippen LogP contribution in [0, 0.1) is 0 Å². The van der Waals surface area contributed by atoms with Crippen LogP contribution in [0.25, 0.3) is 10.9 Å². The van der Waals surface area contributed by atoms with Gasteiger partial charge in [-0.1, -0.05) is 38.1 Å². The molecule has 2 heterocycles. The third kappa shape index (κ3) is 2.79. The molecule has 2 aromatic carbocycles. The minimum absolute atomic E-state index is 0.214. The van der Waals surface area contributed by atoms with Gasteiger partial charge in [-0.25, -0.2) is 0 Å². The molecule has 1 aliphatic heterocycles. The van der Waals surface area contributed by atoms with Gasteiger partial charge in [0.05, 0.1) is 5.52 Å². The van der Waals surface area contributed by atoms with E-state index in [9.17, 15) is 14.7 Å². The summed E-state index contributed by atoms with van der Waals surface area (Å²) in [5.41, 5.74) is 7.85. The van der Waals surface area contributed by atoms with Gasteiger partial charge < -0.3 is 20.9 Å². The van der Waals surface area contributed by atoms with Gasteiger partial charge in [-0.3, -0.25) is 14.6 Å². The number of benzene rings is 2. The second-order valence-electron chi connectivity index (χ2n) is 9.66. The number of Topliss-reactive ketones (excluding diaryl/α,β-unsaturated/α-hetero) is 1. The van der Waals surface area contributed by atoms with E-state index in [2.05, 4.69) is 24.1 Å².